The van der Waals surface area contributed by atoms with Crippen LogP contribution in [0.1, 0.15) is 12.5 Å². The van der Waals surface area contributed by atoms with Gasteiger partial charge in [-0.2, -0.15) is 5.10 Å². The van der Waals surface area contributed by atoms with Crippen LogP contribution in [0.4, 0.5) is 5.69 Å². The second-order valence-corrected chi connectivity index (χ2v) is 4.64. The van der Waals surface area contributed by atoms with E-state index in [1.54, 1.807) is 42.5 Å². The summed E-state index contributed by atoms with van der Waals surface area (Å²) in [5.41, 5.74) is 2.91. The van der Waals surface area contributed by atoms with Crippen LogP contribution in [-0.4, -0.2) is 29.7 Å². The van der Waals surface area contributed by atoms with Crippen LogP contribution in [0.3, 0.4) is 0 Å². The van der Waals surface area contributed by atoms with Crippen LogP contribution < -0.4 is 15.5 Å². The van der Waals surface area contributed by atoms with Crippen LogP contribution in [0.25, 0.3) is 0 Å². The van der Waals surface area contributed by atoms with Gasteiger partial charge in [0.1, 0.15) is 11.5 Å². The Morgan fingerprint density at radius 1 is 1.12 bits per heavy atom. The monoisotopic (exact) mass is 327 g/mol. The maximum atomic E-state index is 11.9. The maximum absolute atomic E-state index is 11.9. The number of hydrogen-bond acceptors (Lipinski definition) is 5. The minimum Gasteiger partial charge on any atom is -0.507 e. The maximum Gasteiger partial charge on any atom is 0.329 e. The fraction of sp³-hybridized carbons (Fsp3) is 0.118. The van der Waals surface area contributed by atoms with Crippen molar-refractivity contribution < 1.29 is 19.4 Å². The molecule has 124 valence electrons. The van der Waals surface area contributed by atoms with E-state index in [2.05, 4.69) is 15.8 Å². The molecule has 0 atom stereocenters. The van der Waals surface area contributed by atoms with Crippen molar-refractivity contribution in [1.82, 2.24) is 5.43 Å². The van der Waals surface area contributed by atoms with E-state index in [1.165, 1.54) is 12.3 Å². The highest BCUT2D eigenvalue weighted by atomic mass is 16.5. The van der Waals surface area contributed by atoms with Gasteiger partial charge in [-0.3, -0.25) is 9.59 Å². The van der Waals surface area contributed by atoms with Crippen molar-refractivity contribution in [3.63, 3.8) is 0 Å². The molecule has 3 N–H and O–H groups in total. The summed E-state index contributed by atoms with van der Waals surface area (Å²) in [6.07, 6.45) is 1.24. The van der Waals surface area contributed by atoms with E-state index < -0.39 is 11.8 Å². The summed E-state index contributed by atoms with van der Waals surface area (Å²) in [4.78, 5) is 23.6. The summed E-state index contributed by atoms with van der Waals surface area (Å²) in [5.74, 6) is -1.32. The third-order valence-corrected chi connectivity index (χ3v) is 2.95. The molecule has 2 amide bonds. The highest BCUT2D eigenvalue weighted by Crippen LogP contribution is 2.23. The predicted molar refractivity (Wildman–Crippen MR) is 90.1 cm³/mol. The summed E-state index contributed by atoms with van der Waals surface area (Å²) < 4.78 is 5.37. The molecule has 0 fully saturated rings. The largest absolute Gasteiger partial charge is 0.507 e. The molecule has 0 radical (unpaired) electrons. The molecule has 0 aromatic heterocycles. The molecule has 0 heterocycles. The van der Waals surface area contributed by atoms with Crippen molar-refractivity contribution in [1.29, 1.82) is 0 Å². The Morgan fingerprint density at radius 2 is 1.83 bits per heavy atom. The summed E-state index contributed by atoms with van der Waals surface area (Å²) in [6.45, 7) is 2.25. The number of nitrogens with one attached hydrogen (secondary N) is 2. The third kappa shape index (κ3) is 4.57. The third-order valence-electron chi connectivity index (χ3n) is 2.95. The van der Waals surface area contributed by atoms with Crippen LogP contribution in [0.5, 0.6) is 11.5 Å². The molecule has 2 aromatic carbocycles. The number of hydrogen-bond donors (Lipinski definition) is 3. The Bertz CT molecular complexity index is 759. The zero-order valence-corrected chi connectivity index (χ0v) is 13.0. The number of phenolic OH excluding ortho intramolecular Hbond substituents is 1. The first kappa shape index (κ1) is 17.0. The minimum atomic E-state index is -0.937. The number of amides is 2. The van der Waals surface area contributed by atoms with Gasteiger partial charge < -0.3 is 15.2 Å². The van der Waals surface area contributed by atoms with Gasteiger partial charge in [0.2, 0.25) is 0 Å². The standard InChI is InChI=1S/C17H17N3O4/c1-2-24-15-10-6-4-8-13(15)19-16(22)17(23)20-18-11-12-7-3-5-9-14(12)21/h3-11,21H,2H2,1H3,(H,19,22)(H,20,23)/b18-11-. The van der Waals surface area contributed by atoms with Crippen LogP contribution in [0.2, 0.25) is 0 Å². The summed E-state index contributed by atoms with van der Waals surface area (Å²) in [7, 11) is 0. The van der Waals surface area contributed by atoms with Crippen molar-refractivity contribution in [2.24, 2.45) is 5.10 Å². The summed E-state index contributed by atoms with van der Waals surface area (Å²) in [6, 6.07) is 13.3. The predicted octanol–water partition coefficient (Wildman–Crippen LogP) is 1.88. The first-order valence-corrected chi connectivity index (χ1v) is 7.26. The number of ether oxygens (including phenoxy) is 1. The van der Waals surface area contributed by atoms with Gasteiger partial charge in [-0.05, 0) is 31.2 Å². The lowest BCUT2D eigenvalue weighted by atomic mass is 10.2. The second kappa shape index (κ2) is 8.33. The van der Waals surface area contributed by atoms with E-state index in [0.717, 1.165) is 0 Å². The van der Waals surface area contributed by atoms with Gasteiger partial charge >= 0.3 is 11.8 Å². The van der Waals surface area contributed by atoms with E-state index in [0.29, 0.717) is 23.6 Å². The summed E-state index contributed by atoms with van der Waals surface area (Å²) >= 11 is 0. The lowest BCUT2D eigenvalue weighted by Gasteiger charge is -2.10. The van der Waals surface area contributed by atoms with Crippen LogP contribution in [-0.2, 0) is 9.59 Å². The summed E-state index contributed by atoms with van der Waals surface area (Å²) in [5, 5.41) is 15.7. The molecule has 0 bridgehead atoms. The number of para-hydroxylation sites is 3. The number of carbonyl (C=O) groups is 2. The molecule has 0 aliphatic heterocycles. The van der Waals surface area contributed by atoms with Crippen LogP contribution >= 0.6 is 0 Å². The van der Waals surface area contributed by atoms with E-state index in [4.69, 9.17) is 4.74 Å². The van der Waals surface area contributed by atoms with Gasteiger partial charge in [0, 0.05) is 5.56 Å². The van der Waals surface area contributed by atoms with Gasteiger partial charge in [-0.1, -0.05) is 24.3 Å². The zero-order chi connectivity index (χ0) is 17.4. The Hall–Kier alpha value is -3.35. The second-order valence-electron chi connectivity index (χ2n) is 4.64. The normalized spacial score (nSPS) is 10.4. The molecule has 24 heavy (non-hydrogen) atoms. The van der Waals surface area contributed by atoms with E-state index >= 15 is 0 Å². The first-order chi connectivity index (χ1) is 11.6. The Balaban J connectivity index is 1.96. The lowest BCUT2D eigenvalue weighted by Crippen LogP contribution is -2.32. The molecular formula is C17H17N3O4. The van der Waals surface area contributed by atoms with Gasteiger partial charge in [0.25, 0.3) is 0 Å². The Labute approximate surface area is 139 Å². The number of hydrazone groups is 1. The van der Waals surface area contributed by atoms with Gasteiger partial charge in [-0.15, -0.1) is 0 Å². The number of nitrogens with zero attached hydrogens (tertiary/aromatic N) is 1. The van der Waals surface area contributed by atoms with Crippen molar-refractivity contribution in [3.8, 4) is 11.5 Å². The van der Waals surface area contributed by atoms with Crippen molar-refractivity contribution in [2.75, 3.05) is 11.9 Å². The fourth-order valence-electron chi connectivity index (χ4n) is 1.84. The van der Waals surface area contributed by atoms with Gasteiger partial charge in [-0.25, -0.2) is 5.43 Å². The molecule has 0 saturated heterocycles. The smallest absolute Gasteiger partial charge is 0.329 e. The molecule has 0 spiro atoms. The van der Waals surface area contributed by atoms with Gasteiger partial charge in [0.15, 0.2) is 0 Å². The highest BCUT2D eigenvalue weighted by molar-refractivity contribution is 6.39. The minimum absolute atomic E-state index is 0.0191. The molecule has 7 heteroatoms. The van der Waals surface area contributed by atoms with Crippen molar-refractivity contribution in [3.05, 3.63) is 54.1 Å². The topological polar surface area (TPSA) is 100 Å². The van der Waals surface area contributed by atoms with E-state index in [9.17, 15) is 14.7 Å². The molecule has 0 saturated carbocycles. The first-order valence-electron chi connectivity index (χ1n) is 7.26. The number of aromatic hydroxyl groups is 1. The molecule has 0 aliphatic rings. The number of phenols is 1. The average Bonchev–Trinajstić information content (AvgIpc) is 2.58. The number of benzene rings is 2. The number of carbonyl (C=O) groups excluding carboxylic acids is 2. The van der Waals surface area contributed by atoms with E-state index in [1.807, 2.05) is 6.92 Å². The molecule has 0 unspecified atom stereocenters. The SMILES string of the molecule is CCOc1ccccc1NC(=O)C(=O)N/N=C\c1ccccc1O. The zero-order valence-electron chi connectivity index (χ0n) is 13.0. The van der Waals surface area contributed by atoms with Crippen LogP contribution in [0, 0.1) is 0 Å². The average molecular weight is 327 g/mol. The van der Waals surface area contributed by atoms with E-state index in [-0.39, 0.29) is 5.75 Å². The highest BCUT2D eigenvalue weighted by Gasteiger charge is 2.15. The number of anilines is 1. The number of rotatable bonds is 5. The molecule has 2 rings (SSSR count). The lowest BCUT2D eigenvalue weighted by molar-refractivity contribution is -0.136. The fourth-order valence-corrected chi connectivity index (χ4v) is 1.84. The van der Waals surface area contributed by atoms with Gasteiger partial charge in [0.05, 0.1) is 18.5 Å². The quantitative estimate of drug-likeness (QED) is 0.443. The molecular weight excluding hydrogens is 310 g/mol. The van der Waals surface area contributed by atoms with Crippen LogP contribution in [0.15, 0.2) is 53.6 Å². The molecule has 7 nitrogen and oxygen atoms in total. The Kier molecular flexibility index (Phi) is 5.90. The van der Waals surface area contributed by atoms with Crippen molar-refractivity contribution >= 4 is 23.7 Å². The molecule has 0 aliphatic carbocycles. The molecule has 2 aromatic rings. The van der Waals surface area contributed by atoms with Crippen molar-refractivity contribution in [2.45, 2.75) is 6.92 Å². The Morgan fingerprint density at radius 3 is 2.58 bits per heavy atom.